The van der Waals surface area contributed by atoms with Gasteiger partial charge in [0.2, 0.25) is 5.88 Å². The van der Waals surface area contributed by atoms with Crippen LogP contribution in [0, 0.1) is 0 Å². The molecule has 0 bridgehead atoms. The van der Waals surface area contributed by atoms with Crippen molar-refractivity contribution in [3.05, 3.63) is 16.7 Å². The van der Waals surface area contributed by atoms with Crippen molar-refractivity contribution in [2.45, 2.75) is 39.3 Å². The fourth-order valence-corrected chi connectivity index (χ4v) is 2.43. The predicted molar refractivity (Wildman–Crippen MR) is 87.8 cm³/mol. The molecular formula is C15H26N4O5. The Morgan fingerprint density at radius 3 is 2.62 bits per heavy atom. The van der Waals surface area contributed by atoms with Gasteiger partial charge in [-0.25, -0.2) is 15.0 Å². The Hall–Kier alpha value is -2.00. The first-order chi connectivity index (χ1) is 11.3. The van der Waals surface area contributed by atoms with E-state index in [2.05, 4.69) is 10.3 Å². The molecular weight excluding hydrogens is 316 g/mol. The summed E-state index contributed by atoms with van der Waals surface area (Å²) in [7, 11) is 0. The monoisotopic (exact) mass is 342 g/mol. The van der Waals surface area contributed by atoms with E-state index in [1.54, 1.807) is 20.8 Å². The zero-order valence-electron chi connectivity index (χ0n) is 14.4. The largest absolute Gasteiger partial charge is 0.492 e. The molecule has 0 unspecified atom stereocenters. The van der Waals surface area contributed by atoms with Crippen LogP contribution < -0.4 is 11.1 Å². The Kier molecular flexibility index (Phi) is 5.89. The van der Waals surface area contributed by atoms with E-state index in [1.807, 2.05) is 0 Å². The molecule has 1 amide bonds. The quantitative estimate of drug-likeness (QED) is 0.811. The number of carbonyl (C=O) groups is 1. The molecule has 1 aliphatic heterocycles. The van der Waals surface area contributed by atoms with Crippen LogP contribution in [0.5, 0.6) is 5.88 Å². The molecule has 0 radical (unpaired) electrons. The minimum absolute atomic E-state index is 0.336. The molecule has 2 N–H and O–H groups in total. The van der Waals surface area contributed by atoms with Crippen molar-refractivity contribution < 1.29 is 19.4 Å². The third-order valence-corrected chi connectivity index (χ3v) is 3.52. The Bertz CT molecular complexity index is 610. The topological polar surface area (TPSA) is 98.0 Å². The van der Waals surface area contributed by atoms with Crippen molar-refractivity contribution in [1.82, 2.24) is 14.1 Å². The van der Waals surface area contributed by atoms with Crippen LogP contribution in [-0.4, -0.2) is 63.8 Å². The van der Waals surface area contributed by atoms with Crippen LogP contribution in [0.2, 0.25) is 0 Å². The highest BCUT2D eigenvalue weighted by molar-refractivity contribution is 5.76. The zero-order valence-corrected chi connectivity index (χ0v) is 14.4. The third-order valence-electron chi connectivity index (χ3n) is 3.52. The average molecular weight is 342 g/mol. The summed E-state index contributed by atoms with van der Waals surface area (Å²) in [6.07, 6.45) is 1.26. The molecule has 2 heterocycles. The van der Waals surface area contributed by atoms with Crippen molar-refractivity contribution in [1.29, 1.82) is 0 Å². The predicted octanol–water partition coefficient (Wildman–Crippen LogP) is 0.556. The summed E-state index contributed by atoms with van der Waals surface area (Å²) >= 11 is 0. The van der Waals surface area contributed by atoms with Crippen LogP contribution in [0.1, 0.15) is 27.2 Å². The number of aromatic hydroxyl groups is 1. The third kappa shape index (κ3) is 5.27. The van der Waals surface area contributed by atoms with Crippen LogP contribution in [0.4, 0.5) is 4.79 Å². The maximum absolute atomic E-state index is 12.2. The van der Waals surface area contributed by atoms with Gasteiger partial charge in [-0.1, -0.05) is 0 Å². The Morgan fingerprint density at radius 1 is 1.33 bits per heavy atom. The number of aryl methyl sites for hydroxylation is 1. The normalized spacial score (nSPS) is 16.1. The second-order valence-corrected chi connectivity index (χ2v) is 6.72. The van der Waals surface area contributed by atoms with Crippen molar-refractivity contribution in [3.8, 4) is 5.88 Å². The molecule has 0 aliphatic carbocycles. The lowest BCUT2D eigenvalue weighted by Crippen LogP contribution is -2.38. The molecule has 24 heavy (non-hydrogen) atoms. The molecule has 1 aliphatic rings. The zero-order chi connectivity index (χ0) is 17.7. The summed E-state index contributed by atoms with van der Waals surface area (Å²) in [5, 5.41) is 9.85. The summed E-state index contributed by atoms with van der Waals surface area (Å²) in [5.74, 6) is -0.336. The highest BCUT2D eigenvalue weighted by Gasteiger charge is 2.19. The van der Waals surface area contributed by atoms with Gasteiger partial charge in [-0.05, 0) is 27.2 Å². The number of carbonyl (C=O) groups excluding carboxylic acids is 1. The number of imidazole rings is 1. The van der Waals surface area contributed by atoms with E-state index in [0.717, 1.165) is 43.9 Å². The van der Waals surface area contributed by atoms with Gasteiger partial charge in [0.1, 0.15) is 5.60 Å². The second kappa shape index (κ2) is 7.71. The van der Waals surface area contributed by atoms with E-state index in [-0.39, 0.29) is 5.88 Å². The van der Waals surface area contributed by atoms with E-state index in [0.29, 0.717) is 6.54 Å². The maximum Gasteiger partial charge on any atom is 0.427 e. The molecule has 1 aromatic heterocycles. The lowest BCUT2D eigenvalue weighted by Gasteiger charge is -2.26. The number of amides is 1. The average Bonchev–Trinajstić information content (AvgIpc) is 2.74. The summed E-state index contributed by atoms with van der Waals surface area (Å²) in [5.41, 5.74) is 1.04. The smallest absolute Gasteiger partial charge is 0.427 e. The van der Waals surface area contributed by atoms with Gasteiger partial charge < -0.3 is 14.6 Å². The highest BCUT2D eigenvalue weighted by atomic mass is 16.6. The molecule has 2 rings (SSSR count). The molecule has 9 nitrogen and oxygen atoms in total. The van der Waals surface area contributed by atoms with Gasteiger partial charge in [-0.2, -0.15) is 4.68 Å². The summed E-state index contributed by atoms with van der Waals surface area (Å²) < 4.78 is 12.5. The standard InChI is InChI=1S/C15H26N4O5/c1-15(2,3)24-13(21)16-19-12(20)11-18(14(19)22)6-4-5-17-7-9-23-10-8-17/h11,20H,4-10H2,1-3H3,(H,16,21). The molecule has 136 valence electrons. The molecule has 0 aromatic carbocycles. The molecule has 1 aromatic rings. The number of nitrogens with one attached hydrogen (secondary N) is 1. The maximum atomic E-state index is 12.2. The first-order valence-corrected chi connectivity index (χ1v) is 8.07. The second-order valence-electron chi connectivity index (χ2n) is 6.72. The SMILES string of the molecule is CC(C)(C)OC(=O)Nn1c(O)cn(CCCN2CCOCC2)c1=O. The minimum Gasteiger partial charge on any atom is -0.492 e. The Morgan fingerprint density at radius 2 is 2.00 bits per heavy atom. The molecule has 0 atom stereocenters. The first kappa shape index (κ1) is 18.3. The number of rotatable bonds is 5. The van der Waals surface area contributed by atoms with Crippen LogP contribution in [-0.2, 0) is 16.0 Å². The highest BCUT2D eigenvalue weighted by Crippen LogP contribution is 2.09. The molecule has 0 saturated carbocycles. The first-order valence-electron chi connectivity index (χ1n) is 8.07. The molecule has 9 heteroatoms. The Balaban J connectivity index is 1.90. The summed E-state index contributed by atoms with van der Waals surface area (Å²) in [6.45, 7) is 9.69. The van der Waals surface area contributed by atoms with Crippen molar-refractivity contribution >= 4 is 6.09 Å². The molecule has 1 saturated heterocycles. The van der Waals surface area contributed by atoms with Gasteiger partial charge in [-0.15, -0.1) is 0 Å². The van der Waals surface area contributed by atoms with Crippen molar-refractivity contribution in [2.75, 3.05) is 38.3 Å². The number of ether oxygens (including phenoxy) is 2. The van der Waals surface area contributed by atoms with E-state index < -0.39 is 17.4 Å². The van der Waals surface area contributed by atoms with Gasteiger partial charge >= 0.3 is 11.8 Å². The van der Waals surface area contributed by atoms with E-state index in [9.17, 15) is 14.7 Å². The Labute approximate surface area is 140 Å². The summed E-state index contributed by atoms with van der Waals surface area (Å²) in [6, 6.07) is 0. The number of hydrogen-bond donors (Lipinski definition) is 2. The fraction of sp³-hybridized carbons (Fsp3) is 0.733. The van der Waals surface area contributed by atoms with Crippen molar-refractivity contribution in [3.63, 3.8) is 0 Å². The van der Waals surface area contributed by atoms with Gasteiger partial charge in [0.05, 0.1) is 19.4 Å². The van der Waals surface area contributed by atoms with Crippen LogP contribution >= 0.6 is 0 Å². The lowest BCUT2D eigenvalue weighted by atomic mass is 10.2. The van der Waals surface area contributed by atoms with Gasteiger partial charge in [0, 0.05) is 26.2 Å². The van der Waals surface area contributed by atoms with Gasteiger partial charge in [-0.3, -0.25) is 9.47 Å². The van der Waals surface area contributed by atoms with Crippen LogP contribution in [0.15, 0.2) is 11.0 Å². The lowest BCUT2D eigenvalue weighted by molar-refractivity contribution is 0.0369. The fourth-order valence-electron chi connectivity index (χ4n) is 2.43. The van der Waals surface area contributed by atoms with Crippen molar-refractivity contribution in [2.24, 2.45) is 0 Å². The minimum atomic E-state index is -0.800. The molecule has 0 spiro atoms. The number of hydrogen-bond acceptors (Lipinski definition) is 6. The van der Waals surface area contributed by atoms with Gasteiger partial charge in [0.15, 0.2) is 0 Å². The van der Waals surface area contributed by atoms with Crippen LogP contribution in [0.3, 0.4) is 0 Å². The summed E-state index contributed by atoms with van der Waals surface area (Å²) in [4.78, 5) is 26.2. The number of morpholine rings is 1. The van der Waals surface area contributed by atoms with E-state index >= 15 is 0 Å². The van der Waals surface area contributed by atoms with E-state index in [1.165, 1.54) is 10.8 Å². The van der Waals surface area contributed by atoms with Crippen LogP contribution in [0.25, 0.3) is 0 Å². The van der Waals surface area contributed by atoms with Gasteiger partial charge in [0.25, 0.3) is 0 Å². The number of nitrogens with zero attached hydrogens (tertiary/aromatic N) is 3. The molecule has 1 fully saturated rings. The number of aromatic nitrogens is 2. The van der Waals surface area contributed by atoms with E-state index in [4.69, 9.17) is 9.47 Å².